The molecule has 0 aromatic heterocycles. The van der Waals surface area contributed by atoms with E-state index < -0.39 is 26.5 Å². The quantitative estimate of drug-likeness (QED) is 0.638. The molecular weight excluding hydrogens is 379 g/mol. The van der Waals surface area contributed by atoms with Crippen LogP contribution < -0.4 is 4.72 Å². The third-order valence-electron chi connectivity index (χ3n) is 3.07. The van der Waals surface area contributed by atoms with Crippen molar-refractivity contribution in [1.82, 2.24) is 4.72 Å². The molecule has 0 aliphatic heterocycles. The number of non-ortho nitro benzene ring substituents is 1. The number of nitro benzene ring substituents is 1. The van der Waals surface area contributed by atoms with E-state index in [1.807, 2.05) is 4.72 Å². The van der Waals surface area contributed by atoms with Crippen molar-refractivity contribution >= 4 is 44.8 Å². The third-order valence-corrected chi connectivity index (χ3v) is 5.10. The minimum Gasteiger partial charge on any atom is -0.268 e. The Hall–Kier alpha value is -2.16. The van der Waals surface area contributed by atoms with Crippen molar-refractivity contribution in [1.29, 1.82) is 0 Å². The zero-order chi connectivity index (χ0) is 18.1. The molecule has 2 aromatic carbocycles. The van der Waals surface area contributed by atoms with Gasteiger partial charge in [0.05, 0.1) is 20.4 Å². The topological polar surface area (TPSA) is 106 Å². The summed E-state index contributed by atoms with van der Waals surface area (Å²) >= 11 is 11.6. The van der Waals surface area contributed by atoms with Gasteiger partial charge in [0, 0.05) is 17.2 Å². The van der Waals surface area contributed by atoms with Crippen LogP contribution in [0.4, 0.5) is 5.69 Å². The SMILES string of the molecule is Cc1ccc([N+](=O)[O-])cc1S(=O)(=O)NC(=O)c1ccc(Cl)cc1Cl. The first-order valence-electron chi connectivity index (χ1n) is 6.39. The highest BCUT2D eigenvalue weighted by Crippen LogP contribution is 2.24. The number of sulfonamides is 1. The number of nitro groups is 1. The number of aryl methyl sites for hydroxylation is 1. The molecule has 2 aromatic rings. The molecule has 0 aliphatic rings. The summed E-state index contributed by atoms with van der Waals surface area (Å²) in [5, 5.41) is 11.1. The molecule has 2 rings (SSSR count). The Morgan fingerprint density at radius 3 is 2.42 bits per heavy atom. The molecule has 0 saturated carbocycles. The molecule has 7 nitrogen and oxygen atoms in total. The second kappa shape index (κ2) is 6.76. The van der Waals surface area contributed by atoms with Crippen LogP contribution in [0, 0.1) is 17.0 Å². The van der Waals surface area contributed by atoms with Gasteiger partial charge in [-0.05, 0) is 30.7 Å². The second-order valence-electron chi connectivity index (χ2n) is 4.77. The van der Waals surface area contributed by atoms with Crippen molar-refractivity contribution in [3.8, 4) is 0 Å². The largest absolute Gasteiger partial charge is 0.270 e. The fraction of sp³-hybridized carbons (Fsp3) is 0.0714. The smallest absolute Gasteiger partial charge is 0.268 e. The van der Waals surface area contributed by atoms with Gasteiger partial charge >= 0.3 is 0 Å². The van der Waals surface area contributed by atoms with Crippen molar-refractivity contribution in [3.05, 3.63) is 67.7 Å². The summed E-state index contributed by atoms with van der Waals surface area (Å²) in [6, 6.07) is 7.29. The summed E-state index contributed by atoms with van der Waals surface area (Å²) < 4.78 is 26.6. The molecular formula is C14H10Cl2N2O5S. The summed E-state index contributed by atoms with van der Waals surface area (Å²) in [6.07, 6.45) is 0. The molecule has 126 valence electrons. The number of rotatable bonds is 4. The monoisotopic (exact) mass is 388 g/mol. The van der Waals surface area contributed by atoms with Gasteiger partial charge in [0.15, 0.2) is 0 Å². The lowest BCUT2D eigenvalue weighted by Gasteiger charge is -2.10. The van der Waals surface area contributed by atoms with Gasteiger partial charge in [-0.3, -0.25) is 14.9 Å². The highest BCUT2D eigenvalue weighted by atomic mass is 35.5. The van der Waals surface area contributed by atoms with Crippen LogP contribution in [0.2, 0.25) is 10.0 Å². The molecule has 0 spiro atoms. The van der Waals surface area contributed by atoms with E-state index in [1.165, 1.54) is 37.3 Å². The van der Waals surface area contributed by atoms with Gasteiger partial charge in [0.25, 0.3) is 21.6 Å². The van der Waals surface area contributed by atoms with Crippen molar-refractivity contribution in [2.45, 2.75) is 11.8 Å². The normalized spacial score (nSPS) is 11.1. The van der Waals surface area contributed by atoms with Gasteiger partial charge in [0.2, 0.25) is 0 Å². The van der Waals surface area contributed by atoms with Crippen molar-refractivity contribution < 1.29 is 18.1 Å². The Balaban J connectivity index is 2.39. The number of nitrogens with one attached hydrogen (secondary N) is 1. The first-order chi connectivity index (χ1) is 11.1. The lowest BCUT2D eigenvalue weighted by atomic mass is 10.2. The van der Waals surface area contributed by atoms with Gasteiger partial charge in [-0.25, -0.2) is 13.1 Å². The molecule has 0 aliphatic carbocycles. The molecule has 0 atom stereocenters. The van der Waals surface area contributed by atoms with Crippen LogP contribution in [0.3, 0.4) is 0 Å². The van der Waals surface area contributed by atoms with E-state index in [1.54, 1.807) is 0 Å². The minimum atomic E-state index is -4.32. The number of nitrogens with zero attached hydrogens (tertiary/aromatic N) is 1. The van der Waals surface area contributed by atoms with Crippen LogP contribution in [0.5, 0.6) is 0 Å². The highest BCUT2D eigenvalue weighted by molar-refractivity contribution is 7.90. The van der Waals surface area contributed by atoms with Gasteiger partial charge in [-0.15, -0.1) is 0 Å². The van der Waals surface area contributed by atoms with Crippen LogP contribution >= 0.6 is 23.2 Å². The first kappa shape index (κ1) is 18.2. The first-order valence-corrected chi connectivity index (χ1v) is 8.63. The number of benzene rings is 2. The van der Waals surface area contributed by atoms with Gasteiger partial charge in [-0.2, -0.15) is 0 Å². The predicted octanol–water partition coefficient (Wildman–Crippen LogP) is 3.33. The number of hydrogen-bond acceptors (Lipinski definition) is 5. The fourth-order valence-corrected chi connectivity index (χ4v) is 3.62. The third kappa shape index (κ3) is 3.84. The predicted molar refractivity (Wildman–Crippen MR) is 88.9 cm³/mol. The van der Waals surface area contributed by atoms with E-state index in [2.05, 4.69) is 0 Å². The molecule has 10 heteroatoms. The average Bonchev–Trinajstić information content (AvgIpc) is 2.46. The summed E-state index contributed by atoms with van der Waals surface area (Å²) in [5.41, 5.74) is -0.242. The fourth-order valence-electron chi connectivity index (χ4n) is 1.90. The van der Waals surface area contributed by atoms with Crippen LogP contribution in [-0.4, -0.2) is 19.2 Å². The average molecular weight is 389 g/mol. The van der Waals surface area contributed by atoms with Gasteiger partial charge in [0.1, 0.15) is 0 Å². The lowest BCUT2D eigenvalue weighted by Crippen LogP contribution is -2.31. The van der Waals surface area contributed by atoms with Gasteiger partial charge < -0.3 is 0 Å². The maximum Gasteiger partial charge on any atom is 0.270 e. The van der Waals surface area contributed by atoms with E-state index in [9.17, 15) is 23.3 Å². The number of hydrogen-bond donors (Lipinski definition) is 1. The van der Waals surface area contributed by atoms with Crippen molar-refractivity contribution in [3.63, 3.8) is 0 Å². The van der Waals surface area contributed by atoms with Crippen molar-refractivity contribution in [2.24, 2.45) is 0 Å². The summed E-state index contributed by atoms with van der Waals surface area (Å²) in [7, 11) is -4.32. The number of carbonyl (C=O) groups is 1. The molecule has 1 amide bonds. The van der Waals surface area contributed by atoms with E-state index in [-0.39, 0.29) is 26.1 Å². The standard InChI is InChI=1S/C14H10Cl2N2O5S/c1-8-2-4-10(18(20)21)7-13(8)24(22,23)17-14(19)11-5-3-9(15)6-12(11)16/h2-7H,1H3,(H,17,19). The summed E-state index contributed by atoms with van der Waals surface area (Å²) in [6.45, 7) is 1.46. The zero-order valence-corrected chi connectivity index (χ0v) is 14.4. The Kier molecular flexibility index (Phi) is 5.12. The van der Waals surface area contributed by atoms with E-state index >= 15 is 0 Å². The maximum atomic E-state index is 12.4. The number of amides is 1. The van der Waals surface area contributed by atoms with E-state index in [0.717, 1.165) is 6.07 Å². The highest BCUT2D eigenvalue weighted by Gasteiger charge is 2.24. The molecule has 0 fully saturated rings. The molecule has 0 heterocycles. The molecule has 0 bridgehead atoms. The summed E-state index contributed by atoms with van der Waals surface area (Å²) in [5.74, 6) is -0.970. The molecule has 24 heavy (non-hydrogen) atoms. The second-order valence-corrected chi connectivity index (χ2v) is 7.26. The molecule has 1 N–H and O–H groups in total. The van der Waals surface area contributed by atoms with Crippen LogP contribution in [0.15, 0.2) is 41.3 Å². The number of carbonyl (C=O) groups excluding carboxylic acids is 1. The lowest BCUT2D eigenvalue weighted by molar-refractivity contribution is -0.385. The molecule has 0 unspecified atom stereocenters. The summed E-state index contributed by atoms with van der Waals surface area (Å²) in [4.78, 5) is 21.9. The Labute approximate surface area is 147 Å². The van der Waals surface area contributed by atoms with E-state index in [0.29, 0.717) is 0 Å². The number of halogens is 2. The van der Waals surface area contributed by atoms with Crippen LogP contribution in [0.1, 0.15) is 15.9 Å². The van der Waals surface area contributed by atoms with Crippen LogP contribution in [-0.2, 0) is 10.0 Å². The van der Waals surface area contributed by atoms with Gasteiger partial charge in [-0.1, -0.05) is 29.3 Å². The molecule has 0 saturated heterocycles. The van der Waals surface area contributed by atoms with Crippen LogP contribution in [0.25, 0.3) is 0 Å². The Morgan fingerprint density at radius 2 is 1.83 bits per heavy atom. The Bertz CT molecular complexity index is 944. The van der Waals surface area contributed by atoms with E-state index in [4.69, 9.17) is 23.2 Å². The zero-order valence-electron chi connectivity index (χ0n) is 12.1. The Morgan fingerprint density at radius 1 is 1.17 bits per heavy atom. The van der Waals surface area contributed by atoms with Crippen molar-refractivity contribution in [2.75, 3.05) is 0 Å². The maximum absolute atomic E-state index is 12.4. The minimum absolute atomic E-state index is 0.0223. The molecule has 0 radical (unpaired) electrons.